The van der Waals surface area contributed by atoms with Crippen LogP contribution in [-0.2, 0) is 4.79 Å². The van der Waals surface area contributed by atoms with Gasteiger partial charge < -0.3 is 4.90 Å². The van der Waals surface area contributed by atoms with Gasteiger partial charge in [0.05, 0.1) is 12.0 Å². The Morgan fingerprint density at radius 1 is 1.17 bits per heavy atom. The third kappa shape index (κ3) is 2.10. The van der Waals surface area contributed by atoms with Crippen LogP contribution in [0.4, 0.5) is 4.79 Å². The summed E-state index contributed by atoms with van der Waals surface area (Å²) in [4.78, 5) is 25.3. The van der Waals surface area contributed by atoms with E-state index in [2.05, 4.69) is 5.32 Å². The van der Waals surface area contributed by atoms with Crippen LogP contribution in [-0.4, -0.2) is 22.9 Å². The van der Waals surface area contributed by atoms with Gasteiger partial charge in [-0.05, 0) is 19.4 Å². The number of imide groups is 1. The highest BCUT2D eigenvalue weighted by atomic mass is 16.2. The van der Waals surface area contributed by atoms with Crippen LogP contribution in [0.2, 0.25) is 0 Å². The van der Waals surface area contributed by atoms with E-state index in [9.17, 15) is 9.59 Å². The standard InChI is InChI=1S/C14H18N2O2/c1-9-10(2)16(14(18)15-13(9)17)11(3)12-7-5-4-6-8-12/h4-11H,1-3H3,(H,15,17,18)/t9-,10-,11+/m0/s1. The molecule has 0 spiro atoms. The molecule has 1 aromatic rings. The summed E-state index contributed by atoms with van der Waals surface area (Å²) in [5.41, 5.74) is 1.07. The van der Waals surface area contributed by atoms with E-state index in [1.54, 1.807) is 4.90 Å². The number of carbonyl (C=O) groups excluding carboxylic acids is 2. The molecule has 1 fully saturated rings. The van der Waals surface area contributed by atoms with Crippen LogP contribution >= 0.6 is 0 Å². The van der Waals surface area contributed by atoms with Gasteiger partial charge in [-0.25, -0.2) is 4.79 Å². The highest BCUT2D eigenvalue weighted by Crippen LogP contribution is 2.27. The number of benzene rings is 1. The molecule has 0 bridgehead atoms. The third-order valence-electron chi connectivity index (χ3n) is 3.74. The zero-order valence-corrected chi connectivity index (χ0v) is 10.9. The molecule has 0 radical (unpaired) electrons. The molecule has 4 heteroatoms. The lowest BCUT2D eigenvalue weighted by Gasteiger charge is -2.40. The summed E-state index contributed by atoms with van der Waals surface area (Å²) in [5, 5.41) is 2.41. The van der Waals surface area contributed by atoms with Crippen LogP contribution in [0, 0.1) is 5.92 Å². The van der Waals surface area contributed by atoms with Gasteiger partial charge in [-0.1, -0.05) is 37.3 Å². The van der Waals surface area contributed by atoms with Crippen LogP contribution in [0.25, 0.3) is 0 Å². The molecule has 96 valence electrons. The van der Waals surface area contributed by atoms with Gasteiger partial charge in [0.25, 0.3) is 0 Å². The molecular weight excluding hydrogens is 228 g/mol. The third-order valence-corrected chi connectivity index (χ3v) is 3.74. The van der Waals surface area contributed by atoms with Crippen molar-refractivity contribution >= 4 is 11.9 Å². The molecule has 18 heavy (non-hydrogen) atoms. The molecular formula is C14H18N2O2. The Balaban J connectivity index is 2.26. The highest BCUT2D eigenvalue weighted by molar-refractivity contribution is 5.98. The van der Waals surface area contributed by atoms with Crippen molar-refractivity contribution < 1.29 is 9.59 Å². The summed E-state index contributed by atoms with van der Waals surface area (Å²) in [6.45, 7) is 5.74. The Labute approximate surface area is 107 Å². The first-order valence-electron chi connectivity index (χ1n) is 6.20. The molecule has 1 aromatic carbocycles. The smallest absolute Gasteiger partial charge is 0.314 e. The molecule has 0 aromatic heterocycles. The molecule has 4 nitrogen and oxygen atoms in total. The van der Waals surface area contributed by atoms with Gasteiger partial charge >= 0.3 is 6.03 Å². The molecule has 0 aliphatic carbocycles. The van der Waals surface area contributed by atoms with Crippen molar-refractivity contribution in [3.05, 3.63) is 35.9 Å². The van der Waals surface area contributed by atoms with E-state index in [4.69, 9.17) is 0 Å². The molecule has 1 N–H and O–H groups in total. The number of nitrogens with one attached hydrogen (secondary N) is 1. The SMILES string of the molecule is C[C@@H]1C(=O)NC(=O)N([C@H](C)c2ccccc2)[C@H]1C. The Hall–Kier alpha value is -1.84. The Bertz CT molecular complexity index is 458. The second-order valence-corrected chi connectivity index (χ2v) is 4.82. The van der Waals surface area contributed by atoms with Crippen molar-refractivity contribution in [1.29, 1.82) is 0 Å². The van der Waals surface area contributed by atoms with Gasteiger partial charge in [-0.2, -0.15) is 0 Å². The van der Waals surface area contributed by atoms with Crippen LogP contribution in [0.15, 0.2) is 30.3 Å². The molecule has 2 rings (SSSR count). The van der Waals surface area contributed by atoms with Crippen molar-refractivity contribution in [1.82, 2.24) is 10.2 Å². The zero-order chi connectivity index (χ0) is 13.3. The lowest BCUT2D eigenvalue weighted by atomic mass is 9.95. The van der Waals surface area contributed by atoms with Crippen LogP contribution < -0.4 is 5.32 Å². The van der Waals surface area contributed by atoms with Gasteiger partial charge in [0.2, 0.25) is 5.91 Å². The van der Waals surface area contributed by atoms with Gasteiger partial charge in [0.1, 0.15) is 0 Å². The van der Waals surface area contributed by atoms with E-state index in [1.807, 2.05) is 51.1 Å². The molecule has 0 unspecified atom stereocenters. The fourth-order valence-electron chi connectivity index (χ4n) is 2.35. The van der Waals surface area contributed by atoms with E-state index in [0.717, 1.165) is 5.56 Å². The normalized spacial score (nSPS) is 25.8. The number of rotatable bonds is 2. The first kappa shape index (κ1) is 12.6. The van der Waals surface area contributed by atoms with E-state index in [1.165, 1.54) is 0 Å². The van der Waals surface area contributed by atoms with E-state index in [0.29, 0.717) is 0 Å². The van der Waals surface area contributed by atoms with Gasteiger partial charge in [0, 0.05) is 6.04 Å². The summed E-state index contributed by atoms with van der Waals surface area (Å²) in [5.74, 6) is -0.377. The minimum atomic E-state index is -0.304. The minimum Gasteiger partial charge on any atom is -0.314 e. The van der Waals surface area contributed by atoms with E-state index in [-0.39, 0.29) is 29.9 Å². The average molecular weight is 246 g/mol. The molecule has 1 aliphatic rings. The van der Waals surface area contributed by atoms with Crippen molar-refractivity contribution in [3.63, 3.8) is 0 Å². The fraction of sp³-hybridized carbons (Fsp3) is 0.429. The first-order valence-corrected chi connectivity index (χ1v) is 6.20. The molecule has 3 amide bonds. The maximum atomic E-state index is 12.0. The fourth-order valence-corrected chi connectivity index (χ4v) is 2.35. The number of amides is 3. The van der Waals surface area contributed by atoms with E-state index < -0.39 is 0 Å². The number of hydrogen-bond acceptors (Lipinski definition) is 2. The summed E-state index contributed by atoms with van der Waals surface area (Å²) < 4.78 is 0. The summed E-state index contributed by atoms with van der Waals surface area (Å²) in [6, 6.07) is 9.39. The number of hydrogen-bond donors (Lipinski definition) is 1. The number of nitrogens with zero attached hydrogens (tertiary/aromatic N) is 1. The Kier molecular flexibility index (Phi) is 3.36. The topological polar surface area (TPSA) is 49.4 Å². The number of urea groups is 1. The largest absolute Gasteiger partial charge is 0.324 e. The number of carbonyl (C=O) groups is 2. The predicted octanol–water partition coefficient (Wildman–Crippen LogP) is 2.32. The second kappa shape index (κ2) is 4.80. The van der Waals surface area contributed by atoms with Crippen molar-refractivity contribution in [2.45, 2.75) is 32.9 Å². The Morgan fingerprint density at radius 2 is 1.78 bits per heavy atom. The predicted molar refractivity (Wildman–Crippen MR) is 68.9 cm³/mol. The second-order valence-electron chi connectivity index (χ2n) is 4.82. The average Bonchev–Trinajstić information content (AvgIpc) is 2.37. The van der Waals surface area contributed by atoms with Gasteiger partial charge in [-0.15, -0.1) is 0 Å². The van der Waals surface area contributed by atoms with E-state index >= 15 is 0 Å². The molecule has 3 atom stereocenters. The van der Waals surface area contributed by atoms with Crippen LogP contribution in [0.1, 0.15) is 32.4 Å². The van der Waals surface area contributed by atoms with Crippen molar-refractivity contribution in [3.8, 4) is 0 Å². The monoisotopic (exact) mass is 246 g/mol. The molecule has 1 saturated heterocycles. The van der Waals surface area contributed by atoms with Crippen LogP contribution in [0.5, 0.6) is 0 Å². The molecule has 1 heterocycles. The summed E-state index contributed by atoms with van der Waals surface area (Å²) in [7, 11) is 0. The summed E-state index contributed by atoms with van der Waals surface area (Å²) in [6.07, 6.45) is 0. The van der Waals surface area contributed by atoms with Crippen LogP contribution in [0.3, 0.4) is 0 Å². The minimum absolute atomic E-state index is 0.0447. The molecule has 1 aliphatic heterocycles. The lowest BCUT2D eigenvalue weighted by Crippen LogP contribution is -2.58. The summed E-state index contributed by atoms with van der Waals surface area (Å²) >= 11 is 0. The highest BCUT2D eigenvalue weighted by Gasteiger charge is 2.38. The zero-order valence-electron chi connectivity index (χ0n) is 10.9. The van der Waals surface area contributed by atoms with Crippen molar-refractivity contribution in [2.75, 3.05) is 0 Å². The Morgan fingerprint density at radius 3 is 2.39 bits per heavy atom. The maximum absolute atomic E-state index is 12.0. The lowest BCUT2D eigenvalue weighted by molar-refractivity contribution is -0.127. The van der Waals surface area contributed by atoms with Crippen molar-refractivity contribution in [2.24, 2.45) is 5.92 Å². The first-order chi connectivity index (χ1) is 8.52. The quantitative estimate of drug-likeness (QED) is 0.870. The molecule has 0 saturated carbocycles. The van der Waals surface area contributed by atoms with Gasteiger partial charge in [-0.3, -0.25) is 10.1 Å². The maximum Gasteiger partial charge on any atom is 0.324 e. The van der Waals surface area contributed by atoms with Gasteiger partial charge in [0.15, 0.2) is 0 Å².